The summed E-state index contributed by atoms with van der Waals surface area (Å²) in [6.07, 6.45) is -3.54. The van der Waals surface area contributed by atoms with Crippen molar-refractivity contribution in [2.24, 2.45) is 5.73 Å². The van der Waals surface area contributed by atoms with Gasteiger partial charge in [0.25, 0.3) is 0 Å². The van der Waals surface area contributed by atoms with Gasteiger partial charge >= 0.3 is 6.18 Å². The molecule has 106 valence electrons. The molecule has 1 saturated heterocycles. The Morgan fingerprint density at radius 1 is 1.44 bits per heavy atom. The number of ether oxygens (including phenoxy) is 1. The molecule has 0 saturated carbocycles. The number of alkyl halides is 3. The van der Waals surface area contributed by atoms with Crippen LogP contribution in [0.15, 0.2) is 0 Å². The Hall–Kier alpha value is -0.820. The summed E-state index contributed by atoms with van der Waals surface area (Å²) in [7, 11) is 0. The second-order valence-corrected chi connectivity index (χ2v) is 4.49. The van der Waals surface area contributed by atoms with E-state index in [9.17, 15) is 18.0 Å². The van der Waals surface area contributed by atoms with E-state index in [1.54, 1.807) is 0 Å². The minimum Gasteiger partial charge on any atom is -0.372 e. The molecule has 4 nitrogen and oxygen atoms in total. The van der Waals surface area contributed by atoms with E-state index in [0.29, 0.717) is 6.61 Å². The maximum absolute atomic E-state index is 12.8. The number of halogens is 3. The molecule has 1 aliphatic heterocycles. The zero-order valence-electron chi connectivity index (χ0n) is 10.4. The van der Waals surface area contributed by atoms with Crippen molar-refractivity contribution in [3.05, 3.63) is 0 Å². The quantitative estimate of drug-likeness (QED) is 0.782. The van der Waals surface area contributed by atoms with Crippen molar-refractivity contribution in [2.75, 3.05) is 19.8 Å². The minimum atomic E-state index is -4.40. The first-order chi connectivity index (χ1) is 8.36. The number of likely N-dealkylation sites (tertiary alicyclic amines) is 1. The predicted molar refractivity (Wildman–Crippen MR) is 59.9 cm³/mol. The number of nitrogens with two attached hydrogens (primary N) is 1. The highest BCUT2D eigenvalue weighted by atomic mass is 19.4. The minimum absolute atomic E-state index is 0.0570. The fourth-order valence-electron chi connectivity index (χ4n) is 2.00. The predicted octanol–water partition coefficient (Wildman–Crippen LogP) is 1.29. The summed E-state index contributed by atoms with van der Waals surface area (Å²) in [6, 6.07) is -2.12. The van der Waals surface area contributed by atoms with Gasteiger partial charge in [0.1, 0.15) is 12.6 Å². The highest BCUT2D eigenvalue weighted by Crippen LogP contribution is 2.31. The van der Waals surface area contributed by atoms with Gasteiger partial charge in [-0.2, -0.15) is 13.2 Å². The van der Waals surface area contributed by atoms with Gasteiger partial charge in [0, 0.05) is 19.2 Å². The third-order valence-electron chi connectivity index (χ3n) is 2.89. The summed E-state index contributed by atoms with van der Waals surface area (Å²) in [5.41, 5.74) is 5.62. The largest absolute Gasteiger partial charge is 0.408 e. The van der Waals surface area contributed by atoms with Crippen LogP contribution in [0.5, 0.6) is 0 Å². The average Bonchev–Trinajstić information content (AvgIpc) is 2.27. The molecule has 0 aromatic rings. The van der Waals surface area contributed by atoms with Crippen molar-refractivity contribution in [3.63, 3.8) is 0 Å². The Bertz CT molecular complexity index is 284. The van der Waals surface area contributed by atoms with Crippen molar-refractivity contribution in [1.82, 2.24) is 4.90 Å². The van der Waals surface area contributed by atoms with E-state index >= 15 is 0 Å². The van der Waals surface area contributed by atoms with Gasteiger partial charge in [-0.3, -0.25) is 4.79 Å². The lowest BCUT2D eigenvalue weighted by molar-refractivity contribution is -0.198. The number of rotatable bonds is 4. The maximum Gasteiger partial charge on any atom is 0.408 e. The number of carbonyl (C=O) groups excluding carboxylic acids is 1. The Morgan fingerprint density at radius 3 is 2.67 bits per heavy atom. The van der Waals surface area contributed by atoms with Gasteiger partial charge in [-0.05, 0) is 19.3 Å². The SMILES string of the molecule is CCCOCC(=O)N1C[C@H](N)CC[C@H]1C(F)(F)F. The number of amides is 1. The lowest BCUT2D eigenvalue weighted by Gasteiger charge is -2.39. The van der Waals surface area contributed by atoms with Gasteiger partial charge < -0.3 is 15.4 Å². The molecule has 7 heteroatoms. The van der Waals surface area contributed by atoms with E-state index in [2.05, 4.69) is 0 Å². The van der Waals surface area contributed by atoms with Crippen LogP contribution < -0.4 is 5.73 Å². The van der Waals surface area contributed by atoms with Crippen LogP contribution in [0.1, 0.15) is 26.2 Å². The van der Waals surface area contributed by atoms with Crippen LogP contribution >= 0.6 is 0 Å². The second kappa shape index (κ2) is 6.38. The molecule has 0 unspecified atom stereocenters. The number of hydrogen-bond donors (Lipinski definition) is 1. The first kappa shape index (κ1) is 15.2. The molecule has 0 aliphatic carbocycles. The normalized spacial score (nSPS) is 25.3. The Balaban J connectivity index is 2.64. The average molecular weight is 268 g/mol. The zero-order chi connectivity index (χ0) is 13.8. The zero-order valence-corrected chi connectivity index (χ0v) is 10.4. The molecule has 2 N–H and O–H groups in total. The molecule has 1 amide bonds. The number of carbonyl (C=O) groups is 1. The highest BCUT2D eigenvalue weighted by molar-refractivity contribution is 5.78. The van der Waals surface area contributed by atoms with Crippen LogP contribution in [0.4, 0.5) is 13.2 Å². The summed E-state index contributed by atoms with van der Waals surface area (Å²) in [6.45, 7) is 1.85. The van der Waals surface area contributed by atoms with Crippen molar-refractivity contribution in [2.45, 2.75) is 44.4 Å². The highest BCUT2D eigenvalue weighted by Gasteiger charge is 2.47. The lowest BCUT2D eigenvalue weighted by atomic mass is 9.98. The molecule has 0 aromatic heterocycles. The monoisotopic (exact) mass is 268 g/mol. The molecule has 1 rings (SSSR count). The number of piperidine rings is 1. The van der Waals surface area contributed by atoms with Crippen molar-refractivity contribution < 1.29 is 22.7 Å². The van der Waals surface area contributed by atoms with Gasteiger partial charge in [0.05, 0.1) is 0 Å². The molecule has 0 bridgehead atoms. The van der Waals surface area contributed by atoms with Crippen LogP contribution in [0, 0.1) is 0 Å². The number of hydrogen-bond acceptors (Lipinski definition) is 3. The number of nitrogens with zero attached hydrogens (tertiary/aromatic N) is 1. The molecule has 0 spiro atoms. The van der Waals surface area contributed by atoms with E-state index in [-0.39, 0.29) is 26.0 Å². The fourth-order valence-corrected chi connectivity index (χ4v) is 2.00. The van der Waals surface area contributed by atoms with Crippen LogP contribution in [0.2, 0.25) is 0 Å². The molecule has 18 heavy (non-hydrogen) atoms. The first-order valence-corrected chi connectivity index (χ1v) is 6.05. The van der Waals surface area contributed by atoms with Crippen LogP contribution in [0.25, 0.3) is 0 Å². The Morgan fingerprint density at radius 2 is 2.11 bits per heavy atom. The van der Waals surface area contributed by atoms with Gasteiger partial charge in [0.2, 0.25) is 5.91 Å². The molecule has 0 radical (unpaired) electrons. The van der Waals surface area contributed by atoms with Crippen LogP contribution in [-0.4, -0.2) is 48.8 Å². The van der Waals surface area contributed by atoms with Crippen molar-refractivity contribution >= 4 is 5.91 Å². The molecular formula is C11H19F3N2O2. The lowest BCUT2D eigenvalue weighted by Crippen LogP contribution is -2.57. The first-order valence-electron chi connectivity index (χ1n) is 6.05. The molecule has 1 heterocycles. The van der Waals surface area contributed by atoms with Gasteiger partial charge in [-0.25, -0.2) is 0 Å². The third-order valence-corrected chi connectivity index (χ3v) is 2.89. The topological polar surface area (TPSA) is 55.6 Å². The van der Waals surface area contributed by atoms with Crippen LogP contribution in [-0.2, 0) is 9.53 Å². The second-order valence-electron chi connectivity index (χ2n) is 4.49. The smallest absolute Gasteiger partial charge is 0.372 e. The Kier molecular flexibility index (Phi) is 5.40. The maximum atomic E-state index is 12.8. The van der Waals surface area contributed by atoms with Crippen LogP contribution in [0.3, 0.4) is 0 Å². The molecule has 0 aromatic carbocycles. The fraction of sp³-hybridized carbons (Fsp3) is 0.909. The van der Waals surface area contributed by atoms with E-state index in [1.165, 1.54) is 0 Å². The van der Waals surface area contributed by atoms with Gasteiger partial charge in [-0.15, -0.1) is 0 Å². The molecule has 1 aliphatic rings. The molecule has 1 fully saturated rings. The summed E-state index contributed by atoms with van der Waals surface area (Å²) in [5, 5.41) is 0. The summed E-state index contributed by atoms with van der Waals surface area (Å²) < 4.78 is 43.4. The molecule has 2 atom stereocenters. The van der Waals surface area contributed by atoms with E-state index in [1.807, 2.05) is 6.92 Å². The summed E-state index contributed by atoms with van der Waals surface area (Å²) >= 11 is 0. The van der Waals surface area contributed by atoms with E-state index in [4.69, 9.17) is 10.5 Å². The van der Waals surface area contributed by atoms with Gasteiger partial charge in [-0.1, -0.05) is 6.92 Å². The van der Waals surface area contributed by atoms with E-state index < -0.39 is 24.2 Å². The summed E-state index contributed by atoms with van der Waals surface area (Å²) in [5.74, 6) is -0.638. The standard InChI is InChI=1S/C11H19F3N2O2/c1-2-5-18-7-10(17)16-6-8(15)3-4-9(16)11(12,13)14/h8-9H,2-7,15H2,1H3/t8-,9+/m1/s1. The van der Waals surface area contributed by atoms with E-state index in [0.717, 1.165) is 11.3 Å². The van der Waals surface area contributed by atoms with Crippen molar-refractivity contribution in [3.8, 4) is 0 Å². The summed E-state index contributed by atoms with van der Waals surface area (Å²) in [4.78, 5) is 12.5. The van der Waals surface area contributed by atoms with Crippen molar-refractivity contribution in [1.29, 1.82) is 0 Å². The molecular weight excluding hydrogens is 249 g/mol. The third kappa shape index (κ3) is 4.13. The van der Waals surface area contributed by atoms with Gasteiger partial charge in [0.15, 0.2) is 0 Å². The Labute approximate surface area is 104 Å².